The van der Waals surface area contributed by atoms with Crippen LogP contribution in [0.25, 0.3) is 0 Å². The van der Waals surface area contributed by atoms with Crippen LogP contribution in [0.3, 0.4) is 0 Å². The van der Waals surface area contributed by atoms with Crippen molar-refractivity contribution in [1.29, 1.82) is 0 Å². The molecule has 0 amide bonds. The predicted octanol–water partition coefficient (Wildman–Crippen LogP) is -0.409. The SMILES string of the molecule is Cc1csc[n+]1CCc1ccccc1.[Br-]. The maximum atomic E-state index is 2.30. The summed E-state index contributed by atoms with van der Waals surface area (Å²) in [6.07, 6.45) is 1.11. The monoisotopic (exact) mass is 283 g/mol. The van der Waals surface area contributed by atoms with Crippen LogP contribution >= 0.6 is 11.3 Å². The molecule has 0 aliphatic carbocycles. The standard InChI is InChI=1S/C12H14NS.BrH/c1-11-9-14-10-13(11)8-7-12-5-3-2-4-6-12;/h2-6,9-10H,7-8H2,1H3;1H/q+1;/p-1. The third kappa shape index (κ3) is 3.43. The Morgan fingerprint density at radius 2 is 1.93 bits per heavy atom. The third-order valence-electron chi connectivity index (χ3n) is 2.36. The molecule has 0 atom stereocenters. The lowest BCUT2D eigenvalue weighted by Crippen LogP contribution is -3.00. The highest BCUT2D eigenvalue weighted by Crippen LogP contribution is 2.01. The Balaban J connectivity index is 0.00000112. The molecule has 0 spiro atoms. The van der Waals surface area contributed by atoms with Gasteiger partial charge in [0.25, 0.3) is 0 Å². The number of aryl methyl sites for hydroxylation is 3. The fraction of sp³-hybridized carbons (Fsp3) is 0.250. The van der Waals surface area contributed by atoms with Crippen molar-refractivity contribution in [2.24, 2.45) is 0 Å². The molecule has 2 aromatic rings. The first-order chi connectivity index (χ1) is 6.86. The summed E-state index contributed by atoms with van der Waals surface area (Å²) in [6, 6.07) is 10.6. The van der Waals surface area contributed by atoms with Gasteiger partial charge in [-0.15, -0.1) is 0 Å². The van der Waals surface area contributed by atoms with E-state index in [4.69, 9.17) is 0 Å². The Hall–Kier alpha value is -0.670. The molecule has 1 aromatic heterocycles. The van der Waals surface area contributed by atoms with Crippen molar-refractivity contribution in [1.82, 2.24) is 0 Å². The minimum atomic E-state index is 0. The van der Waals surface area contributed by atoms with Crippen LogP contribution in [0.4, 0.5) is 0 Å². The third-order valence-corrected chi connectivity index (χ3v) is 3.22. The molecule has 0 unspecified atom stereocenters. The summed E-state index contributed by atoms with van der Waals surface area (Å²) < 4.78 is 2.30. The van der Waals surface area contributed by atoms with E-state index < -0.39 is 0 Å². The zero-order valence-electron chi connectivity index (χ0n) is 8.69. The van der Waals surface area contributed by atoms with Crippen LogP contribution in [0.2, 0.25) is 0 Å². The molecular weight excluding hydrogens is 270 g/mol. The van der Waals surface area contributed by atoms with E-state index in [1.54, 1.807) is 11.3 Å². The lowest BCUT2D eigenvalue weighted by Gasteiger charge is -1.96. The van der Waals surface area contributed by atoms with E-state index in [-0.39, 0.29) is 17.0 Å². The highest BCUT2D eigenvalue weighted by Gasteiger charge is 2.05. The molecule has 80 valence electrons. The lowest BCUT2D eigenvalue weighted by atomic mass is 10.1. The fourth-order valence-corrected chi connectivity index (χ4v) is 2.29. The Labute approximate surface area is 105 Å². The number of halogens is 1. The molecule has 0 N–H and O–H groups in total. The van der Waals surface area contributed by atoms with Crippen LogP contribution < -0.4 is 21.5 Å². The van der Waals surface area contributed by atoms with Gasteiger partial charge in [0.2, 0.25) is 5.51 Å². The number of hydrogen-bond donors (Lipinski definition) is 0. The summed E-state index contributed by atoms with van der Waals surface area (Å²) >= 11 is 1.76. The van der Waals surface area contributed by atoms with Gasteiger partial charge in [-0.25, -0.2) is 0 Å². The second-order valence-electron chi connectivity index (χ2n) is 3.43. The van der Waals surface area contributed by atoms with Crippen molar-refractivity contribution in [2.75, 3.05) is 0 Å². The van der Waals surface area contributed by atoms with Crippen LogP contribution in [-0.4, -0.2) is 0 Å². The molecule has 15 heavy (non-hydrogen) atoms. The minimum Gasteiger partial charge on any atom is -1.00 e. The van der Waals surface area contributed by atoms with Crippen LogP contribution in [0.15, 0.2) is 41.2 Å². The van der Waals surface area contributed by atoms with Crippen LogP contribution in [0, 0.1) is 6.92 Å². The Bertz CT molecular complexity index is 397. The fourth-order valence-electron chi connectivity index (χ4n) is 1.48. The van der Waals surface area contributed by atoms with Crippen LogP contribution in [-0.2, 0) is 13.0 Å². The largest absolute Gasteiger partial charge is 1.00 e. The van der Waals surface area contributed by atoms with Crippen molar-refractivity contribution < 1.29 is 21.5 Å². The summed E-state index contributed by atoms with van der Waals surface area (Å²) in [5.74, 6) is 0. The zero-order chi connectivity index (χ0) is 9.80. The van der Waals surface area contributed by atoms with Crippen LogP contribution in [0.5, 0.6) is 0 Å². The number of nitrogens with zero attached hydrogens (tertiary/aromatic N) is 1. The van der Waals surface area contributed by atoms with E-state index >= 15 is 0 Å². The van der Waals surface area contributed by atoms with Gasteiger partial charge in [-0.05, 0) is 5.56 Å². The summed E-state index contributed by atoms with van der Waals surface area (Å²) in [5.41, 5.74) is 4.94. The lowest BCUT2D eigenvalue weighted by molar-refractivity contribution is -0.697. The van der Waals surface area contributed by atoms with E-state index in [2.05, 4.69) is 52.7 Å². The number of aromatic nitrogens is 1. The van der Waals surface area contributed by atoms with E-state index in [0.29, 0.717) is 0 Å². The van der Waals surface area contributed by atoms with Crippen molar-refractivity contribution >= 4 is 11.3 Å². The molecule has 0 aliphatic heterocycles. The van der Waals surface area contributed by atoms with Gasteiger partial charge in [-0.2, -0.15) is 4.57 Å². The number of hydrogen-bond acceptors (Lipinski definition) is 1. The maximum absolute atomic E-state index is 2.30. The van der Waals surface area contributed by atoms with Crippen LogP contribution in [0.1, 0.15) is 11.3 Å². The molecule has 0 aliphatic rings. The molecule has 0 saturated carbocycles. The van der Waals surface area contributed by atoms with E-state index in [9.17, 15) is 0 Å². The second-order valence-corrected chi connectivity index (χ2v) is 4.15. The molecule has 1 aromatic carbocycles. The molecule has 3 heteroatoms. The molecule has 0 radical (unpaired) electrons. The Morgan fingerprint density at radius 3 is 2.53 bits per heavy atom. The van der Waals surface area contributed by atoms with Crippen molar-refractivity contribution in [3.63, 3.8) is 0 Å². The predicted molar refractivity (Wildman–Crippen MR) is 59.4 cm³/mol. The van der Waals surface area contributed by atoms with E-state index in [1.807, 2.05) is 0 Å². The van der Waals surface area contributed by atoms with E-state index in [0.717, 1.165) is 13.0 Å². The zero-order valence-corrected chi connectivity index (χ0v) is 11.1. The Morgan fingerprint density at radius 1 is 1.20 bits per heavy atom. The van der Waals surface area contributed by atoms with Crippen molar-refractivity contribution in [2.45, 2.75) is 19.9 Å². The Kier molecular flexibility index (Phi) is 4.99. The minimum absolute atomic E-state index is 0. The summed E-state index contributed by atoms with van der Waals surface area (Å²) in [7, 11) is 0. The van der Waals surface area contributed by atoms with Gasteiger partial charge < -0.3 is 17.0 Å². The number of thiazole rings is 1. The van der Waals surface area contributed by atoms with Crippen molar-refractivity contribution in [3.05, 3.63) is 52.5 Å². The highest BCUT2D eigenvalue weighted by atomic mass is 79.9. The molecule has 2 rings (SSSR count). The second kappa shape index (κ2) is 6.03. The summed E-state index contributed by atoms with van der Waals surface area (Å²) in [4.78, 5) is 0. The molecule has 0 saturated heterocycles. The van der Waals surface area contributed by atoms with Gasteiger partial charge in [0, 0.05) is 13.3 Å². The highest BCUT2D eigenvalue weighted by molar-refractivity contribution is 7.07. The molecule has 0 bridgehead atoms. The summed E-state index contributed by atoms with van der Waals surface area (Å²) in [6.45, 7) is 3.24. The van der Waals surface area contributed by atoms with Gasteiger partial charge >= 0.3 is 0 Å². The smallest absolute Gasteiger partial charge is 0.224 e. The number of benzene rings is 1. The van der Waals surface area contributed by atoms with Crippen molar-refractivity contribution in [3.8, 4) is 0 Å². The molecule has 0 fully saturated rings. The topological polar surface area (TPSA) is 3.88 Å². The normalized spacial score (nSPS) is 9.67. The maximum Gasteiger partial charge on any atom is 0.224 e. The first-order valence-corrected chi connectivity index (χ1v) is 5.77. The molecule has 1 heterocycles. The van der Waals surface area contributed by atoms with Gasteiger partial charge in [-0.1, -0.05) is 41.7 Å². The molecule has 1 nitrogen and oxygen atoms in total. The van der Waals surface area contributed by atoms with Gasteiger partial charge in [0.1, 0.15) is 0 Å². The first-order valence-electron chi connectivity index (χ1n) is 4.82. The average molecular weight is 284 g/mol. The average Bonchev–Trinajstić information content (AvgIpc) is 2.63. The van der Waals surface area contributed by atoms with Gasteiger partial charge in [0.15, 0.2) is 12.2 Å². The molecular formula is C12H14BrNS. The quantitative estimate of drug-likeness (QED) is 0.675. The van der Waals surface area contributed by atoms with Gasteiger partial charge in [-0.3, -0.25) is 0 Å². The summed E-state index contributed by atoms with van der Waals surface area (Å²) in [5, 5.41) is 2.19. The number of rotatable bonds is 3. The van der Waals surface area contributed by atoms with E-state index in [1.165, 1.54) is 11.3 Å². The first kappa shape index (κ1) is 12.4. The van der Waals surface area contributed by atoms with Gasteiger partial charge in [0.05, 0.1) is 5.38 Å².